The number of ether oxygens (including phenoxy) is 1. The maximum absolute atomic E-state index is 5.26. The number of aromatic amines is 1. The zero-order valence-corrected chi connectivity index (χ0v) is 9.47. The Labute approximate surface area is 99.1 Å². The molecule has 17 heavy (non-hydrogen) atoms. The molecule has 0 radical (unpaired) electrons. The number of nitrogens with one attached hydrogen (secondary N) is 1. The van der Waals surface area contributed by atoms with Gasteiger partial charge in [0.25, 0.3) is 0 Å². The van der Waals surface area contributed by atoms with Gasteiger partial charge in [-0.2, -0.15) is 0 Å². The van der Waals surface area contributed by atoms with Crippen molar-refractivity contribution in [2.75, 3.05) is 7.11 Å². The molecular weight excluding hydrogens is 212 g/mol. The van der Waals surface area contributed by atoms with Gasteiger partial charge >= 0.3 is 0 Å². The van der Waals surface area contributed by atoms with Crippen molar-refractivity contribution in [3.05, 3.63) is 48.7 Å². The van der Waals surface area contributed by atoms with Gasteiger partial charge in [-0.3, -0.25) is 0 Å². The molecule has 0 fully saturated rings. The van der Waals surface area contributed by atoms with E-state index in [0.717, 1.165) is 16.8 Å². The lowest BCUT2D eigenvalue weighted by atomic mass is 10.2. The monoisotopic (exact) mass is 224 g/mol. The lowest BCUT2D eigenvalue weighted by Gasteiger charge is -2.04. The highest BCUT2D eigenvalue weighted by Gasteiger charge is 2.08. The lowest BCUT2D eigenvalue weighted by molar-refractivity contribution is 0.399. The van der Waals surface area contributed by atoms with Crippen LogP contribution in [0.25, 0.3) is 22.2 Å². The summed E-state index contributed by atoms with van der Waals surface area (Å²) in [5.41, 5.74) is 3.12. The lowest BCUT2D eigenvalue weighted by Crippen LogP contribution is -1.90. The minimum absolute atomic E-state index is 0.638. The van der Waals surface area contributed by atoms with Crippen molar-refractivity contribution in [1.82, 2.24) is 9.97 Å². The smallest absolute Gasteiger partial charge is 0.222 e. The molecule has 3 rings (SSSR count). The molecule has 0 atom stereocenters. The molecule has 0 saturated heterocycles. The molecule has 3 aromatic rings. The summed E-state index contributed by atoms with van der Waals surface area (Å²) in [6, 6.07) is 14.2. The number of hydrogen-bond acceptors (Lipinski definition) is 2. The zero-order chi connectivity index (χ0) is 11.7. The first-order valence-corrected chi connectivity index (χ1v) is 5.45. The maximum atomic E-state index is 5.26. The third-order valence-corrected chi connectivity index (χ3v) is 2.78. The van der Waals surface area contributed by atoms with Gasteiger partial charge in [0.1, 0.15) is 0 Å². The highest BCUT2D eigenvalue weighted by atomic mass is 16.5. The van der Waals surface area contributed by atoms with Crippen LogP contribution in [-0.4, -0.2) is 17.1 Å². The van der Waals surface area contributed by atoms with Crippen LogP contribution < -0.4 is 4.74 Å². The van der Waals surface area contributed by atoms with Gasteiger partial charge in [-0.15, -0.1) is 0 Å². The average molecular weight is 224 g/mol. The molecule has 2 heterocycles. The zero-order valence-electron chi connectivity index (χ0n) is 9.47. The summed E-state index contributed by atoms with van der Waals surface area (Å²) < 4.78 is 5.26. The second-order valence-corrected chi connectivity index (χ2v) is 3.83. The van der Waals surface area contributed by atoms with Crippen LogP contribution in [0.5, 0.6) is 5.88 Å². The van der Waals surface area contributed by atoms with Crippen molar-refractivity contribution >= 4 is 10.9 Å². The molecule has 0 aliphatic heterocycles. The van der Waals surface area contributed by atoms with Crippen molar-refractivity contribution in [3.63, 3.8) is 0 Å². The van der Waals surface area contributed by atoms with Gasteiger partial charge in [0.2, 0.25) is 5.88 Å². The van der Waals surface area contributed by atoms with Crippen LogP contribution in [0.4, 0.5) is 0 Å². The SMILES string of the molecule is COc1ncccc1-c1cc2ccccc2[nH]1. The Morgan fingerprint density at radius 3 is 2.82 bits per heavy atom. The third-order valence-electron chi connectivity index (χ3n) is 2.78. The summed E-state index contributed by atoms with van der Waals surface area (Å²) >= 11 is 0. The quantitative estimate of drug-likeness (QED) is 0.725. The molecule has 1 N–H and O–H groups in total. The Hall–Kier alpha value is -2.29. The Morgan fingerprint density at radius 2 is 2.00 bits per heavy atom. The molecule has 0 bridgehead atoms. The number of aromatic nitrogens is 2. The average Bonchev–Trinajstić information content (AvgIpc) is 2.82. The number of pyridine rings is 1. The second kappa shape index (κ2) is 3.94. The van der Waals surface area contributed by atoms with E-state index in [9.17, 15) is 0 Å². The second-order valence-electron chi connectivity index (χ2n) is 3.83. The summed E-state index contributed by atoms with van der Waals surface area (Å²) in [6.45, 7) is 0. The van der Waals surface area contributed by atoms with Crippen molar-refractivity contribution < 1.29 is 4.74 Å². The number of para-hydroxylation sites is 1. The van der Waals surface area contributed by atoms with E-state index in [4.69, 9.17) is 4.74 Å². The van der Waals surface area contributed by atoms with E-state index in [-0.39, 0.29) is 0 Å². The molecule has 1 aromatic carbocycles. The van der Waals surface area contributed by atoms with Gasteiger partial charge in [-0.25, -0.2) is 4.98 Å². The Bertz CT molecular complexity index is 625. The van der Waals surface area contributed by atoms with Crippen molar-refractivity contribution in [3.8, 4) is 17.1 Å². The molecule has 0 saturated carbocycles. The summed E-state index contributed by atoms with van der Waals surface area (Å²) in [4.78, 5) is 7.57. The minimum atomic E-state index is 0.638. The van der Waals surface area contributed by atoms with E-state index in [1.165, 1.54) is 5.39 Å². The van der Waals surface area contributed by atoms with Gasteiger partial charge in [0.05, 0.1) is 18.4 Å². The number of nitrogens with zero attached hydrogens (tertiary/aromatic N) is 1. The van der Waals surface area contributed by atoms with Crippen molar-refractivity contribution in [2.24, 2.45) is 0 Å². The van der Waals surface area contributed by atoms with Crippen LogP contribution >= 0.6 is 0 Å². The molecule has 0 amide bonds. The van der Waals surface area contributed by atoms with E-state index in [1.807, 2.05) is 24.3 Å². The van der Waals surface area contributed by atoms with E-state index < -0.39 is 0 Å². The molecule has 3 nitrogen and oxygen atoms in total. The van der Waals surface area contributed by atoms with Gasteiger partial charge in [-0.1, -0.05) is 18.2 Å². The number of fused-ring (bicyclic) bond motifs is 1. The van der Waals surface area contributed by atoms with Crippen molar-refractivity contribution in [1.29, 1.82) is 0 Å². The largest absolute Gasteiger partial charge is 0.481 e. The first-order chi connectivity index (χ1) is 8.38. The van der Waals surface area contributed by atoms with Gasteiger partial charge in [-0.05, 0) is 24.3 Å². The molecule has 0 spiro atoms. The minimum Gasteiger partial charge on any atom is -0.481 e. The number of hydrogen-bond donors (Lipinski definition) is 1. The van der Waals surface area contributed by atoms with E-state index in [2.05, 4.69) is 28.2 Å². The molecule has 0 aliphatic carbocycles. The van der Waals surface area contributed by atoms with Gasteiger partial charge < -0.3 is 9.72 Å². The van der Waals surface area contributed by atoms with E-state index in [1.54, 1.807) is 13.3 Å². The van der Waals surface area contributed by atoms with Crippen LogP contribution in [0.1, 0.15) is 0 Å². The summed E-state index contributed by atoms with van der Waals surface area (Å²) in [5.74, 6) is 0.638. The van der Waals surface area contributed by atoms with E-state index >= 15 is 0 Å². The Balaban J connectivity index is 2.20. The van der Waals surface area contributed by atoms with Crippen LogP contribution in [-0.2, 0) is 0 Å². The number of H-pyrrole nitrogens is 1. The van der Waals surface area contributed by atoms with Crippen LogP contribution in [0.15, 0.2) is 48.7 Å². The van der Waals surface area contributed by atoms with E-state index in [0.29, 0.717) is 5.88 Å². The van der Waals surface area contributed by atoms with Crippen LogP contribution in [0.3, 0.4) is 0 Å². The summed E-state index contributed by atoms with van der Waals surface area (Å²) in [7, 11) is 1.63. The highest BCUT2D eigenvalue weighted by Crippen LogP contribution is 2.29. The molecule has 3 heteroatoms. The van der Waals surface area contributed by atoms with Crippen molar-refractivity contribution in [2.45, 2.75) is 0 Å². The summed E-state index contributed by atoms with van der Waals surface area (Å²) in [5, 5.41) is 1.19. The fraction of sp³-hybridized carbons (Fsp3) is 0.0714. The Kier molecular flexibility index (Phi) is 2.29. The standard InChI is InChI=1S/C14H12N2O/c1-17-14-11(6-4-8-15-14)13-9-10-5-2-3-7-12(10)16-13/h2-9,16H,1H3. The molecule has 0 unspecified atom stereocenters. The van der Waals surface area contributed by atoms with Gasteiger partial charge in [0.15, 0.2) is 0 Å². The first-order valence-electron chi connectivity index (χ1n) is 5.45. The third kappa shape index (κ3) is 1.65. The number of rotatable bonds is 2. The normalized spacial score (nSPS) is 10.6. The molecule has 0 aliphatic rings. The predicted molar refractivity (Wildman–Crippen MR) is 68.1 cm³/mol. The molecular formula is C14H12N2O. The van der Waals surface area contributed by atoms with Crippen LogP contribution in [0.2, 0.25) is 0 Å². The number of benzene rings is 1. The topological polar surface area (TPSA) is 37.9 Å². The fourth-order valence-electron chi connectivity index (χ4n) is 1.98. The van der Waals surface area contributed by atoms with Crippen LogP contribution in [0, 0.1) is 0 Å². The first kappa shape index (κ1) is 9.90. The Morgan fingerprint density at radius 1 is 1.12 bits per heavy atom. The molecule has 2 aromatic heterocycles. The van der Waals surface area contributed by atoms with Gasteiger partial charge in [0, 0.05) is 17.1 Å². The highest BCUT2D eigenvalue weighted by molar-refractivity contribution is 5.86. The maximum Gasteiger partial charge on any atom is 0.222 e. The number of methoxy groups -OCH3 is 1. The molecule has 84 valence electrons. The fourth-order valence-corrected chi connectivity index (χ4v) is 1.98. The summed E-state index contributed by atoms with van der Waals surface area (Å²) in [6.07, 6.45) is 1.73. The predicted octanol–water partition coefficient (Wildman–Crippen LogP) is 3.24.